The van der Waals surface area contributed by atoms with Gasteiger partial charge in [0.2, 0.25) is 0 Å². The second-order valence-electron chi connectivity index (χ2n) is 4.22. The van der Waals surface area contributed by atoms with Crippen LogP contribution in [0.1, 0.15) is 18.2 Å². The highest BCUT2D eigenvalue weighted by Crippen LogP contribution is 2.24. The molecular formula is C10H16F2N4. The molecule has 0 radical (unpaired) electrons. The molecule has 1 aromatic heterocycles. The molecular weight excluding hydrogens is 214 g/mol. The zero-order valence-electron chi connectivity index (χ0n) is 9.24. The van der Waals surface area contributed by atoms with E-state index >= 15 is 0 Å². The normalized spacial score (nSPS) is 22.1. The number of anilines is 1. The van der Waals surface area contributed by atoms with Crippen LogP contribution < -0.4 is 5.73 Å². The number of rotatable bonds is 3. The number of alkyl halides is 2. The molecule has 0 aromatic carbocycles. The Bertz CT molecular complexity index is 364. The van der Waals surface area contributed by atoms with Gasteiger partial charge in [-0.1, -0.05) is 0 Å². The van der Waals surface area contributed by atoms with Crippen LogP contribution in [0.15, 0.2) is 6.20 Å². The summed E-state index contributed by atoms with van der Waals surface area (Å²) in [6.07, 6.45) is 0.210. The first-order valence-electron chi connectivity index (χ1n) is 5.38. The summed E-state index contributed by atoms with van der Waals surface area (Å²) in [6, 6.07) is 0.177. The zero-order valence-corrected chi connectivity index (χ0v) is 9.24. The van der Waals surface area contributed by atoms with Crippen LogP contribution in [-0.2, 0) is 0 Å². The fourth-order valence-corrected chi connectivity index (χ4v) is 2.18. The maximum Gasteiger partial charge on any atom is 0.251 e. The number of nitrogen functional groups attached to an aromatic ring is 1. The fraction of sp³-hybridized carbons (Fsp3) is 0.700. The molecule has 0 spiro atoms. The monoisotopic (exact) mass is 230 g/mol. The second kappa shape index (κ2) is 4.37. The minimum atomic E-state index is -2.26. The summed E-state index contributed by atoms with van der Waals surface area (Å²) >= 11 is 0. The van der Waals surface area contributed by atoms with Crippen LogP contribution in [0, 0.1) is 6.92 Å². The third kappa shape index (κ3) is 2.16. The van der Waals surface area contributed by atoms with Crippen LogP contribution in [0.3, 0.4) is 0 Å². The third-order valence-corrected chi connectivity index (χ3v) is 3.07. The Kier molecular flexibility index (Phi) is 3.09. The van der Waals surface area contributed by atoms with Crippen molar-refractivity contribution in [3.05, 3.63) is 11.9 Å². The summed E-state index contributed by atoms with van der Waals surface area (Å²) in [7, 11) is 0. The molecule has 4 nitrogen and oxygen atoms in total. The van der Waals surface area contributed by atoms with Crippen LogP contribution in [0.2, 0.25) is 0 Å². The molecule has 1 aliphatic heterocycles. The van der Waals surface area contributed by atoms with Crippen molar-refractivity contribution >= 4 is 5.69 Å². The first-order valence-corrected chi connectivity index (χ1v) is 5.38. The Hall–Kier alpha value is -1.17. The van der Waals surface area contributed by atoms with Gasteiger partial charge < -0.3 is 5.73 Å². The maximum absolute atomic E-state index is 12.2. The van der Waals surface area contributed by atoms with Gasteiger partial charge in [-0.05, 0) is 13.3 Å². The lowest BCUT2D eigenvalue weighted by atomic mass is 10.2. The molecule has 1 aliphatic rings. The molecule has 2 heterocycles. The highest BCUT2D eigenvalue weighted by Gasteiger charge is 2.27. The minimum Gasteiger partial charge on any atom is -0.396 e. The second-order valence-corrected chi connectivity index (χ2v) is 4.22. The maximum atomic E-state index is 12.2. The van der Waals surface area contributed by atoms with Crippen molar-refractivity contribution in [1.82, 2.24) is 14.7 Å². The van der Waals surface area contributed by atoms with E-state index in [0.29, 0.717) is 18.8 Å². The van der Waals surface area contributed by atoms with Gasteiger partial charge in [0, 0.05) is 13.1 Å². The van der Waals surface area contributed by atoms with Crippen molar-refractivity contribution in [2.75, 3.05) is 25.4 Å². The van der Waals surface area contributed by atoms with E-state index in [2.05, 4.69) is 5.10 Å². The Balaban J connectivity index is 2.01. The van der Waals surface area contributed by atoms with E-state index in [4.69, 9.17) is 5.73 Å². The zero-order chi connectivity index (χ0) is 11.7. The number of hydrogen-bond donors (Lipinski definition) is 1. The molecule has 6 heteroatoms. The Morgan fingerprint density at radius 1 is 1.62 bits per heavy atom. The Morgan fingerprint density at radius 3 is 2.94 bits per heavy atom. The lowest BCUT2D eigenvalue weighted by molar-refractivity contribution is 0.0978. The summed E-state index contributed by atoms with van der Waals surface area (Å²) in [6.45, 7) is 3.09. The number of nitrogens with two attached hydrogens (primary N) is 1. The van der Waals surface area contributed by atoms with Crippen molar-refractivity contribution < 1.29 is 8.78 Å². The number of nitrogens with zero attached hydrogens (tertiary/aromatic N) is 3. The summed E-state index contributed by atoms with van der Waals surface area (Å²) < 4.78 is 26.3. The van der Waals surface area contributed by atoms with Crippen LogP contribution in [0.5, 0.6) is 0 Å². The summed E-state index contributed by atoms with van der Waals surface area (Å²) in [5, 5.41) is 4.19. The van der Waals surface area contributed by atoms with Crippen LogP contribution in [0.4, 0.5) is 14.5 Å². The lowest BCUT2D eigenvalue weighted by Gasteiger charge is -2.16. The van der Waals surface area contributed by atoms with E-state index in [9.17, 15) is 8.78 Å². The highest BCUT2D eigenvalue weighted by atomic mass is 19.3. The standard InChI is InChI=1S/C10H16F2N4/c1-7-9(13)4-14-16(7)8-2-3-15(5-8)6-10(11)12/h4,8,10H,2-3,5-6,13H2,1H3. The smallest absolute Gasteiger partial charge is 0.251 e. The van der Waals surface area contributed by atoms with E-state index in [1.165, 1.54) is 0 Å². The van der Waals surface area contributed by atoms with Crippen LogP contribution in [0.25, 0.3) is 0 Å². The first-order chi connectivity index (χ1) is 7.58. The molecule has 2 rings (SSSR count). The molecule has 1 aromatic rings. The molecule has 2 N–H and O–H groups in total. The predicted octanol–water partition coefficient (Wildman–Crippen LogP) is 1.29. The molecule has 1 unspecified atom stereocenters. The number of halogens is 2. The van der Waals surface area contributed by atoms with Gasteiger partial charge >= 0.3 is 0 Å². The van der Waals surface area contributed by atoms with Crippen molar-refractivity contribution in [3.63, 3.8) is 0 Å². The largest absolute Gasteiger partial charge is 0.396 e. The van der Waals surface area contributed by atoms with Gasteiger partial charge in [-0.25, -0.2) is 8.78 Å². The highest BCUT2D eigenvalue weighted by molar-refractivity contribution is 5.39. The molecule has 16 heavy (non-hydrogen) atoms. The Labute approximate surface area is 93.0 Å². The third-order valence-electron chi connectivity index (χ3n) is 3.07. The summed E-state index contributed by atoms with van der Waals surface area (Å²) in [5.74, 6) is 0. The fourth-order valence-electron chi connectivity index (χ4n) is 2.18. The topological polar surface area (TPSA) is 47.1 Å². The van der Waals surface area contributed by atoms with Crippen molar-refractivity contribution in [1.29, 1.82) is 0 Å². The molecule has 0 amide bonds. The van der Waals surface area contributed by atoms with Crippen LogP contribution >= 0.6 is 0 Å². The van der Waals surface area contributed by atoms with Crippen molar-refractivity contribution in [3.8, 4) is 0 Å². The van der Waals surface area contributed by atoms with Gasteiger partial charge in [0.25, 0.3) is 6.43 Å². The van der Waals surface area contributed by atoms with Gasteiger partial charge in [-0.3, -0.25) is 9.58 Å². The van der Waals surface area contributed by atoms with Crippen LogP contribution in [-0.4, -0.2) is 40.7 Å². The number of aromatic nitrogens is 2. The quantitative estimate of drug-likeness (QED) is 0.851. The number of hydrogen-bond acceptors (Lipinski definition) is 3. The minimum absolute atomic E-state index is 0.147. The molecule has 1 saturated heterocycles. The van der Waals surface area contributed by atoms with Crippen molar-refractivity contribution in [2.24, 2.45) is 0 Å². The molecule has 1 atom stereocenters. The summed E-state index contributed by atoms with van der Waals surface area (Å²) in [4.78, 5) is 1.77. The Morgan fingerprint density at radius 2 is 2.38 bits per heavy atom. The van der Waals surface area contributed by atoms with Gasteiger partial charge in [-0.15, -0.1) is 0 Å². The molecule has 1 fully saturated rings. The van der Waals surface area contributed by atoms with Gasteiger partial charge in [0.05, 0.1) is 30.2 Å². The SMILES string of the molecule is Cc1c(N)cnn1C1CCN(CC(F)F)C1. The van der Waals surface area contributed by atoms with E-state index in [1.807, 2.05) is 11.6 Å². The van der Waals surface area contributed by atoms with Crippen molar-refractivity contribution in [2.45, 2.75) is 25.8 Å². The average molecular weight is 230 g/mol. The van der Waals surface area contributed by atoms with Gasteiger partial charge in [0.15, 0.2) is 0 Å². The molecule has 90 valence electrons. The van der Waals surface area contributed by atoms with Gasteiger partial charge in [-0.2, -0.15) is 5.10 Å². The predicted molar refractivity (Wildman–Crippen MR) is 57.5 cm³/mol. The summed E-state index contributed by atoms with van der Waals surface area (Å²) in [5.41, 5.74) is 7.29. The molecule has 0 aliphatic carbocycles. The average Bonchev–Trinajstić information content (AvgIpc) is 2.75. The first kappa shape index (κ1) is 11.3. The van der Waals surface area contributed by atoms with E-state index < -0.39 is 6.43 Å². The van der Waals surface area contributed by atoms with E-state index in [1.54, 1.807) is 11.1 Å². The van der Waals surface area contributed by atoms with Gasteiger partial charge in [0.1, 0.15) is 0 Å². The molecule has 0 saturated carbocycles. The number of likely N-dealkylation sites (tertiary alicyclic amines) is 1. The van der Waals surface area contributed by atoms with E-state index in [0.717, 1.165) is 12.1 Å². The lowest BCUT2D eigenvalue weighted by Crippen LogP contribution is -2.27. The van der Waals surface area contributed by atoms with E-state index in [-0.39, 0.29) is 12.6 Å². The molecule has 0 bridgehead atoms.